The van der Waals surface area contributed by atoms with Gasteiger partial charge in [0.2, 0.25) is 5.91 Å². The van der Waals surface area contributed by atoms with Crippen molar-refractivity contribution in [3.8, 4) is 0 Å². The molecule has 0 spiro atoms. The zero-order chi connectivity index (χ0) is 14.2. The van der Waals surface area contributed by atoms with Crippen LogP contribution < -0.4 is 0 Å². The van der Waals surface area contributed by atoms with Gasteiger partial charge in [-0.2, -0.15) is 0 Å². The van der Waals surface area contributed by atoms with E-state index >= 15 is 0 Å². The molecule has 0 aromatic carbocycles. The molecule has 0 saturated carbocycles. The maximum Gasteiger partial charge on any atom is 0.306 e. The summed E-state index contributed by atoms with van der Waals surface area (Å²) in [5.74, 6) is -0.117. The molecule has 18 heavy (non-hydrogen) atoms. The Morgan fingerprint density at radius 3 is 2.11 bits per heavy atom. The number of hydrogen-bond donors (Lipinski definition) is 0. The zero-order valence-electron chi connectivity index (χ0n) is 12.4. The smallest absolute Gasteiger partial charge is 0.306 e. The second-order valence-corrected chi connectivity index (χ2v) is 5.55. The van der Waals surface area contributed by atoms with Crippen molar-refractivity contribution in [2.75, 3.05) is 13.1 Å². The first-order chi connectivity index (χ1) is 8.26. The third kappa shape index (κ3) is 9.02. The number of rotatable bonds is 7. The van der Waals surface area contributed by atoms with Crippen LogP contribution in [0.3, 0.4) is 0 Å². The molecule has 106 valence electrons. The summed E-state index contributed by atoms with van der Waals surface area (Å²) >= 11 is 0. The van der Waals surface area contributed by atoms with Crippen LogP contribution in [0.5, 0.6) is 0 Å². The first kappa shape index (κ1) is 16.9. The van der Waals surface area contributed by atoms with Crippen LogP contribution in [0.2, 0.25) is 0 Å². The summed E-state index contributed by atoms with van der Waals surface area (Å²) in [6.45, 7) is 10.6. The molecule has 0 radical (unpaired) electrons. The Kier molecular flexibility index (Phi) is 7.64. The summed E-state index contributed by atoms with van der Waals surface area (Å²) in [6.07, 6.45) is 3.10. The molecule has 0 aliphatic carbocycles. The van der Waals surface area contributed by atoms with Gasteiger partial charge < -0.3 is 9.64 Å². The van der Waals surface area contributed by atoms with E-state index in [9.17, 15) is 9.59 Å². The molecule has 0 unspecified atom stereocenters. The van der Waals surface area contributed by atoms with Crippen LogP contribution in [-0.2, 0) is 14.3 Å². The van der Waals surface area contributed by atoms with Crippen molar-refractivity contribution < 1.29 is 14.3 Å². The zero-order valence-corrected chi connectivity index (χ0v) is 12.4. The number of carbonyl (C=O) groups is 2. The van der Waals surface area contributed by atoms with Crippen molar-refractivity contribution in [2.45, 2.75) is 65.9 Å². The van der Waals surface area contributed by atoms with Gasteiger partial charge in [0.15, 0.2) is 0 Å². The van der Waals surface area contributed by atoms with E-state index in [2.05, 4.69) is 6.92 Å². The van der Waals surface area contributed by atoms with E-state index in [-0.39, 0.29) is 11.9 Å². The van der Waals surface area contributed by atoms with Gasteiger partial charge in [-0.3, -0.25) is 9.59 Å². The fraction of sp³-hybridized carbons (Fsp3) is 0.857. The quantitative estimate of drug-likeness (QED) is 0.659. The van der Waals surface area contributed by atoms with Gasteiger partial charge in [0.25, 0.3) is 0 Å². The van der Waals surface area contributed by atoms with Gasteiger partial charge in [0.1, 0.15) is 5.60 Å². The predicted octanol–water partition coefficient (Wildman–Crippen LogP) is 2.76. The largest absolute Gasteiger partial charge is 0.460 e. The average Bonchev–Trinajstić information content (AvgIpc) is 2.19. The van der Waals surface area contributed by atoms with Crippen molar-refractivity contribution >= 4 is 11.9 Å². The second-order valence-electron chi connectivity index (χ2n) is 5.55. The first-order valence-corrected chi connectivity index (χ1v) is 6.73. The van der Waals surface area contributed by atoms with Gasteiger partial charge in [0.05, 0.1) is 0 Å². The average molecular weight is 257 g/mol. The molecule has 0 fully saturated rings. The minimum atomic E-state index is -0.431. The molecule has 0 saturated heterocycles. The highest BCUT2D eigenvalue weighted by atomic mass is 16.6. The predicted molar refractivity (Wildman–Crippen MR) is 72.2 cm³/mol. The molecule has 0 aromatic heterocycles. The Hall–Kier alpha value is -1.06. The van der Waals surface area contributed by atoms with E-state index in [1.54, 1.807) is 11.8 Å². The lowest BCUT2D eigenvalue weighted by Crippen LogP contribution is -2.31. The maximum atomic E-state index is 11.5. The number of unbranched alkanes of at least 4 members (excludes halogenated alkanes) is 1. The molecule has 0 N–H and O–H groups in total. The van der Waals surface area contributed by atoms with Crippen LogP contribution in [0, 0.1) is 0 Å². The summed E-state index contributed by atoms with van der Waals surface area (Å²) in [7, 11) is 0. The molecule has 0 bridgehead atoms. The topological polar surface area (TPSA) is 46.6 Å². The molecule has 0 rings (SSSR count). The van der Waals surface area contributed by atoms with Gasteiger partial charge in [-0.25, -0.2) is 0 Å². The summed E-state index contributed by atoms with van der Waals surface area (Å²) in [4.78, 5) is 24.7. The lowest BCUT2D eigenvalue weighted by molar-refractivity contribution is -0.155. The van der Waals surface area contributed by atoms with Crippen molar-refractivity contribution in [2.24, 2.45) is 0 Å². The summed E-state index contributed by atoms with van der Waals surface area (Å²) < 4.78 is 5.22. The highest BCUT2D eigenvalue weighted by Gasteiger charge is 2.16. The third-order valence-electron chi connectivity index (χ3n) is 2.46. The second kappa shape index (κ2) is 8.11. The monoisotopic (exact) mass is 257 g/mol. The van der Waals surface area contributed by atoms with Gasteiger partial charge in [-0.05, 0) is 33.6 Å². The fourth-order valence-electron chi connectivity index (χ4n) is 1.58. The van der Waals surface area contributed by atoms with Crippen molar-refractivity contribution in [3.63, 3.8) is 0 Å². The minimum Gasteiger partial charge on any atom is -0.460 e. The molecular formula is C14H27NO3. The molecule has 0 aromatic rings. The molecule has 0 aliphatic heterocycles. The van der Waals surface area contributed by atoms with E-state index in [0.717, 1.165) is 19.4 Å². The lowest BCUT2D eigenvalue weighted by atomic mass is 10.2. The van der Waals surface area contributed by atoms with Gasteiger partial charge in [-0.1, -0.05) is 13.3 Å². The van der Waals surface area contributed by atoms with Crippen LogP contribution in [0.1, 0.15) is 60.3 Å². The molecule has 1 amide bonds. The number of amides is 1. The third-order valence-corrected chi connectivity index (χ3v) is 2.46. The highest BCUT2D eigenvalue weighted by molar-refractivity contribution is 5.73. The lowest BCUT2D eigenvalue weighted by Gasteiger charge is -2.22. The van der Waals surface area contributed by atoms with Crippen LogP contribution >= 0.6 is 0 Å². The van der Waals surface area contributed by atoms with E-state index in [4.69, 9.17) is 4.74 Å². The molecule has 4 heteroatoms. The van der Waals surface area contributed by atoms with Crippen LogP contribution in [0.4, 0.5) is 0 Å². The first-order valence-electron chi connectivity index (χ1n) is 6.73. The molecule has 0 aliphatic rings. The maximum absolute atomic E-state index is 11.5. The summed E-state index contributed by atoms with van der Waals surface area (Å²) in [5.41, 5.74) is -0.431. The Morgan fingerprint density at radius 1 is 1.11 bits per heavy atom. The minimum absolute atomic E-state index is 0.0765. The number of hydrogen-bond acceptors (Lipinski definition) is 3. The van der Waals surface area contributed by atoms with Gasteiger partial charge >= 0.3 is 5.97 Å². The molecular weight excluding hydrogens is 230 g/mol. The van der Waals surface area contributed by atoms with E-state index in [1.807, 2.05) is 20.8 Å². The van der Waals surface area contributed by atoms with Crippen molar-refractivity contribution in [1.29, 1.82) is 0 Å². The fourth-order valence-corrected chi connectivity index (χ4v) is 1.58. The molecule has 0 heterocycles. The number of esters is 1. The van der Waals surface area contributed by atoms with Crippen LogP contribution in [0.25, 0.3) is 0 Å². The Morgan fingerprint density at radius 2 is 1.67 bits per heavy atom. The SMILES string of the molecule is CCCCN(CCCC(=O)OC(C)(C)C)C(C)=O. The number of carbonyl (C=O) groups excluding carboxylic acids is 2. The van der Waals surface area contributed by atoms with Crippen LogP contribution in [-0.4, -0.2) is 35.5 Å². The van der Waals surface area contributed by atoms with Crippen molar-refractivity contribution in [3.05, 3.63) is 0 Å². The van der Waals surface area contributed by atoms with E-state index in [1.165, 1.54) is 0 Å². The number of ether oxygens (including phenoxy) is 1. The van der Waals surface area contributed by atoms with E-state index in [0.29, 0.717) is 19.4 Å². The van der Waals surface area contributed by atoms with E-state index < -0.39 is 5.60 Å². The van der Waals surface area contributed by atoms with Gasteiger partial charge in [0, 0.05) is 26.4 Å². The summed E-state index contributed by atoms with van der Waals surface area (Å²) in [5, 5.41) is 0. The van der Waals surface area contributed by atoms with Crippen LogP contribution in [0.15, 0.2) is 0 Å². The standard InChI is InChI=1S/C14H27NO3/c1-6-7-10-15(12(2)16)11-8-9-13(17)18-14(3,4)5/h6-11H2,1-5H3. The molecule has 0 atom stereocenters. The number of nitrogens with zero attached hydrogens (tertiary/aromatic N) is 1. The highest BCUT2D eigenvalue weighted by Crippen LogP contribution is 2.09. The molecule has 4 nitrogen and oxygen atoms in total. The Balaban J connectivity index is 3.92. The Labute approximate surface area is 111 Å². The summed E-state index contributed by atoms with van der Waals surface area (Å²) in [6, 6.07) is 0. The normalized spacial score (nSPS) is 11.2. The Bertz CT molecular complexity index is 269. The van der Waals surface area contributed by atoms with Crippen molar-refractivity contribution in [1.82, 2.24) is 4.90 Å². The van der Waals surface area contributed by atoms with Gasteiger partial charge in [-0.15, -0.1) is 0 Å².